The Labute approximate surface area is 137 Å². The summed E-state index contributed by atoms with van der Waals surface area (Å²) in [6.45, 7) is 0. The maximum Gasteiger partial charge on any atom is 0.256 e. The molecule has 6 heteroatoms. The fourth-order valence-electron chi connectivity index (χ4n) is 2.29. The first-order valence-electron chi connectivity index (χ1n) is 7.12. The topological polar surface area (TPSA) is 68.0 Å². The third-order valence-corrected chi connectivity index (χ3v) is 3.43. The van der Waals surface area contributed by atoms with Gasteiger partial charge >= 0.3 is 0 Å². The molecule has 24 heavy (non-hydrogen) atoms. The molecule has 3 rings (SSSR count). The van der Waals surface area contributed by atoms with Gasteiger partial charge in [-0.3, -0.25) is 4.79 Å². The Balaban J connectivity index is 1.99. The van der Waals surface area contributed by atoms with Crippen molar-refractivity contribution in [2.45, 2.75) is 0 Å². The van der Waals surface area contributed by atoms with Gasteiger partial charge in [-0.15, -0.1) is 0 Å². The predicted octanol–water partition coefficient (Wildman–Crippen LogP) is 3.86. The van der Waals surface area contributed by atoms with Gasteiger partial charge < -0.3 is 11.1 Å². The summed E-state index contributed by atoms with van der Waals surface area (Å²) in [4.78, 5) is 16.6. The number of aromatic nitrogens is 1. The Kier molecular flexibility index (Phi) is 4.20. The van der Waals surface area contributed by atoms with Crippen LogP contribution in [0.15, 0.2) is 60.8 Å². The zero-order valence-electron chi connectivity index (χ0n) is 12.5. The number of nitrogens with zero attached hydrogens (tertiary/aromatic N) is 1. The molecule has 0 radical (unpaired) electrons. The molecular formula is C18H13F2N3O. The molecule has 0 spiro atoms. The number of hydrogen-bond acceptors (Lipinski definition) is 3. The third-order valence-electron chi connectivity index (χ3n) is 3.43. The van der Waals surface area contributed by atoms with Gasteiger partial charge in [-0.2, -0.15) is 0 Å². The number of pyridine rings is 1. The molecule has 2 aromatic carbocycles. The van der Waals surface area contributed by atoms with Gasteiger partial charge in [0.2, 0.25) is 0 Å². The van der Waals surface area contributed by atoms with Gasteiger partial charge in [0.15, 0.2) is 0 Å². The maximum atomic E-state index is 13.7. The molecule has 0 aliphatic rings. The summed E-state index contributed by atoms with van der Waals surface area (Å²) in [5.74, 6) is -1.97. The number of nitrogen functional groups attached to an aromatic ring is 1. The first-order chi connectivity index (χ1) is 11.5. The minimum Gasteiger partial charge on any atom is -0.384 e. The third kappa shape index (κ3) is 3.22. The highest BCUT2D eigenvalue weighted by atomic mass is 19.1. The fraction of sp³-hybridized carbons (Fsp3) is 0. The molecule has 0 saturated carbocycles. The number of carbonyl (C=O) groups is 1. The molecule has 1 amide bonds. The van der Waals surface area contributed by atoms with Crippen LogP contribution in [0, 0.1) is 11.6 Å². The number of anilines is 2. The second kappa shape index (κ2) is 6.45. The van der Waals surface area contributed by atoms with Crippen LogP contribution >= 0.6 is 0 Å². The van der Waals surface area contributed by atoms with Crippen LogP contribution in [0.4, 0.5) is 20.3 Å². The van der Waals surface area contributed by atoms with E-state index in [1.54, 1.807) is 0 Å². The van der Waals surface area contributed by atoms with Crippen molar-refractivity contribution in [3.05, 3.63) is 78.0 Å². The Morgan fingerprint density at radius 2 is 1.79 bits per heavy atom. The highest BCUT2D eigenvalue weighted by molar-refractivity contribution is 6.09. The molecule has 0 aliphatic carbocycles. The highest BCUT2D eigenvalue weighted by Gasteiger charge is 2.16. The number of halogens is 2. The van der Waals surface area contributed by atoms with Gasteiger partial charge in [0, 0.05) is 17.8 Å². The Bertz CT molecular complexity index is 898. The monoisotopic (exact) mass is 325 g/mol. The zero-order chi connectivity index (χ0) is 17.1. The molecule has 120 valence electrons. The number of benzene rings is 2. The van der Waals surface area contributed by atoms with E-state index >= 15 is 0 Å². The molecule has 1 heterocycles. The van der Waals surface area contributed by atoms with Crippen molar-refractivity contribution in [2.24, 2.45) is 0 Å². The van der Waals surface area contributed by atoms with Crippen LogP contribution in [0.2, 0.25) is 0 Å². The first-order valence-corrected chi connectivity index (χ1v) is 7.12. The normalized spacial score (nSPS) is 10.4. The summed E-state index contributed by atoms with van der Waals surface area (Å²) in [5.41, 5.74) is 7.14. The average Bonchev–Trinajstić information content (AvgIpc) is 2.58. The van der Waals surface area contributed by atoms with Crippen LogP contribution in [-0.4, -0.2) is 10.9 Å². The molecule has 3 N–H and O–H groups in total. The molecule has 0 atom stereocenters. The number of amides is 1. The minimum atomic E-state index is -0.855. The first kappa shape index (κ1) is 15.6. The molecule has 3 aromatic rings. The van der Waals surface area contributed by atoms with E-state index in [1.165, 1.54) is 12.3 Å². The van der Waals surface area contributed by atoms with Crippen molar-refractivity contribution < 1.29 is 13.6 Å². The van der Waals surface area contributed by atoms with Crippen molar-refractivity contribution in [2.75, 3.05) is 11.1 Å². The summed E-state index contributed by atoms with van der Waals surface area (Å²) >= 11 is 0. The molecule has 0 saturated heterocycles. The van der Waals surface area contributed by atoms with E-state index < -0.39 is 17.5 Å². The smallest absolute Gasteiger partial charge is 0.256 e. The van der Waals surface area contributed by atoms with E-state index in [9.17, 15) is 13.6 Å². The second-order valence-corrected chi connectivity index (χ2v) is 5.10. The van der Waals surface area contributed by atoms with Crippen molar-refractivity contribution in [3.63, 3.8) is 0 Å². The number of nitrogens with one attached hydrogen (secondary N) is 1. The largest absolute Gasteiger partial charge is 0.384 e. The van der Waals surface area contributed by atoms with Gasteiger partial charge in [-0.05, 0) is 23.8 Å². The van der Waals surface area contributed by atoms with Crippen molar-refractivity contribution in [1.29, 1.82) is 0 Å². The summed E-state index contributed by atoms with van der Waals surface area (Å²) in [6.07, 6.45) is 1.49. The van der Waals surface area contributed by atoms with E-state index in [-0.39, 0.29) is 17.1 Å². The second-order valence-electron chi connectivity index (χ2n) is 5.10. The summed E-state index contributed by atoms with van der Waals surface area (Å²) < 4.78 is 26.7. The van der Waals surface area contributed by atoms with E-state index in [4.69, 9.17) is 5.73 Å². The van der Waals surface area contributed by atoms with E-state index in [0.29, 0.717) is 11.6 Å². The van der Waals surface area contributed by atoms with Crippen molar-refractivity contribution >= 4 is 17.4 Å². The summed E-state index contributed by atoms with van der Waals surface area (Å²) in [7, 11) is 0. The molecule has 0 unspecified atom stereocenters. The van der Waals surface area contributed by atoms with Crippen LogP contribution < -0.4 is 11.1 Å². The van der Waals surface area contributed by atoms with E-state index in [1.807, 2.05) is 30.3 Å². The van der Waals surface area contributed by atoms with Gasteiger partial charge in [-0.1, -0.05) is 30.3 Å². The number of nitrogens with two attached hydrogens (primary N) is 1. The lowest BCUT2D eigenvalue weighted by Gasteiger charge is -2.11. The summed E-state index contributed by atoms with van der Waals surface area (Å²) in [6, 6.07) is 13.5. The minimum absolute atomic E-state index is 0.115. The number of rotatable bonds is 3. The SMILES string of the molecule is Nc1cc(C(=O)Nc2ccc(F)cc2F)c(-c2ccccc2)cn1. The lowest BCUT2D eigenvalue weighted by Crippen LogP contribution is -2.15. The van der Waals surface area contributed by atoms with Crippen LogP contribution in [0.5, 0.6) is 0 Å². The van der Waals surface area contributed by atoms with E-state index in [2.05, 4.69) is 10.3 Å². The molecule has 1 aromatic heterocycles. The molecule has 0 bridgehead atoms. The summed E-state index contributed by atoms with van der Waals surface area (Å²) in [5, 5.41) is 2.43. The van der Waals surface area contributed by atoms with Crippen molar-refractivity contribution in [3.8, 4) is 11.1 Å². The van der Waals surface area contributed by atoms with Gasteiger partial charge in [0.1, 0.15) is 17.5 Å². The number of carbonyl (C=O) groups excluding carboxylic acids is 1. The average molecular weight is 325 g/mol. The molecular weight excluding hydrogens is 312 g/mol. The zero-order valence-corrected chi connectivity index (χ0v) is 12.5. The lowest BCUT2D eigenvalue weighted by atomic mass is 10.0. The Morgan fingerprint density at radius 3 is 2.50 bits per heavy atom. The number of hydrogen-bond donors (Lipinski definition) is 2. The standard InChI is InChI=1S/C18H13F2N3O/c19-12-6-7-16(15(20)8-12)23-18(24)13-9-17(21)22-10-14(13)11-4-2-1-3-5-11/h1-10H,(H2,21,22)(H,23,24). The Morgan fingerprint density at radius 1 is 1.04 bits per heavy atom. The van der Waals surface area contributed by atoms with Gasteiger partial charge in [0.25, 0.3) is 5.91 Å². The fourth-order valence-corrected chi connectivity index (χ4v) is 2.29. The lowest BCUT2D eigenvalue weighted by molar-refractivity contribution is 0.102. The van der Waals surface area contributed by atoms with Crippen LogP contribution in [0.25, 0.3) is 11.1 Å². The predicted molar refractivity (Wildman–Crippen MR) is 88.4 cm³/mol. The maximum absolute atomic E-state index is 13.7. The Hall–Kier alpha value is -3.28. The molecule has 4 nitrogen and oxygen atoms in total. The molecule has 0 aliphatic heterocycles. The van der Waals surface area contributed by atoms with Crippen LogP contribution in [0.1, 0.15) is 10.4 Å². The van der Waals surface area contributed by atoms with Crippen LogP contribution in [0.3, 0.4) is 0 Å². The van der Waals surface area contributed by atoms with Gasteiger partial charge in [0.05, 0.1) is 11.3 Å². The highest BCUT2D eigenvalue weighted by Crippen LogP contribution is 2.25. The van der Waals surface area contributed by atoms with E-state index in [0.717, 1.165) is 17.7 Å². The van der Waals surface area contributed by atoms with Gasteiger partial charge in [-0.25, -0.2) is 13.8 Å². The molecule has 0 fully saturated rings. The quantitative estimate of drug-likeness (QED) is 0.768. The van der Waals surface area contributed by atoms with Crippen molar-refractivity contribution in [1.82, 2.24) is 4.98 Å². The van der Waals surface area contributed by atoms with Crippen LogP contribution in [-0.2, 0) is 0 Å².